The molecule has 1 heterocycles. The van der Waals surface area contributed by atoms with Gasteiger partial charge in [0.05, 0.1) is 9.92 Å². The lowest BCUT2D eigenvalue weighted by atomic mass is 10.0. The number of aryl methyl sites for hydroxylation is 1. The topological polar surface area (TPSA) is 59.1 Å². The number of sulfonamides is 1. The normalized spacial score (nSPS) is 11.7. The molecule has 0 bridgehead atoms. The van der Waals surface area contributed by atoms with Crippen LogP contribution in [0, 0.1) is 6.92 Å². The van der Waals surface area contributed by atoms with Gasteiger partial charge in [-0.3, -0.25) is 4.72 Å². The highest BCUT2D eigenvalue weighted by molar-refractivity contribution is 7.92. The molecule has 1 N–H and O–H groups in total. The molecule has 21 heavy (non-hydrogen) atoms. The Morgan fingerprint density at radius 3 is 2.48 bits per heavy atom. The molecular weight excluding hydrogens is 308 g/mol. The molecule has 2 aromatic rings. The van der Waals surface area contributed by atoms with Crippen LogP contribution >= 0.6 is 11.6 Å². The third-order valence-corrected chi connectivity index (χ3v) is 4.86. The third kappa shape index (κ3) is 3.74. The molecule has 1 aromatic carbocycles. The third-order valence-electron chi connectivity index (χ3n) is 3.13. The van der Waals surface area contributed by atoms with Crippen molar-refractivity contribution in [2.75, 3.05) is 4.72 Å². The van der Waals surface area contributed by atoms with Gasteiger partial charge in [-0.05, 0) is 42.2 Å². The highest BCUT2D eigenvalue weighted by atomic mass is 35.5. The van der Waals surface area contributed by atoms with Gasteiger partial charge in [0.15, 0.2) is 0 Å². The van der Waals surface area contributed by atoms with Crippen LogP contribution in [0.3, 0.4) is 0 Å². The van der Waals surface area contributed by atoms with Crippen LogP contribution in [0.4, 0.5) is 5.82 Å². The van der Waals surface area contributed by atoms with Crippen LogP contribution in [-0.4, -0.2) is 13.4 Å². The van der Waals surface area contributed by atoms with E-state index in [9.17, 15) is 8.42 Å². The molecule has 0 fully saturated rings. The summed E-state index contributed by atoms with van der Waals surface area (Å²) in [4.78, 5) is 4.22. The molecule has 0 atom stereocenters. The maximum Gasteiger partial charge on any atom is 0.263 e. The average molecular weight is 325 g/mol. The van der Waals surface area contributed by atoms with Crippen molar-refractivity contribution in [2.24, 2.45) is 0 Å². The van der Waals surface area contributed by atoms with Gasteiger partial charge < -0.3 is 0 Å². The van der Waals surface area contributed by atoms with E-state index in [2.05, 4.69) is 9.71 Å². The number of hydrogen-bond acceptors (Lipinski definition) is 3. The fourth-order valence-electron chi connectivity index (χ4n) is 1.89. The Kier molecular flexibility index (Phi) is 4.54. The number of hydrogen-bond donors (Lipinski definition) is 1. The quantitative estimate of drug-likeness (QED) is 0.925. The summed E-state index contributed by atoms with van der Waals surface area (Å²) in [5, 5.41) is 0.455. The summed E-state index contributed by atoms with van der Waals surface area (Å²) in [5.41, 5.74) is 1.67. The van der Waals surface area contributed by atoms with E-state index in [0.717, 1.165) is 5.56 Å². The number of anilines is 1. The predicted octanol–water partition coefficient (Wildman–Crippen LogP) is 3.97. The maximum absolute atomic E-state index is 12.5. The van der Waals surface area contributed by atoms with Crippen LogP contribution in [0.15, 0.2) is 41.4 Å². The summed E-state index contributed by atoms with van der Waals surface area (Å²) in [6.07, 6.45) is 1.40. The number of pyridine rings is 1. The number of nitrogens with zero attached hydrogens (tertiary/aromatic N) is 1. The van der Waals surface area contributed by atoms with Crippen molar-refractivity contribution in [2.45, 2.75) is 31.6 Å². The van der Waals surface area contributed by atoms with Crippen molar-refractivity contribution < 1.29 is 8.42 Å². The maximum atomic E-state index is 12.5. The van der Waals surface area contributed by atoms with E-state index >= 15 is 0 Å². The number of aromatic nitrogens is 1. The van der Waals surface area contributed by atoms with Crippen molar-refractivity contribution in [3.05, 3.63) is 52.7 Å². The number of halogens is 1. The van der Waals surface area contributed by atoms with Gasteiger partial charge in [0.1, 0.15) is 5.82 Å². The first kappa shape index (κ1) is 15.8. The van der Waals surface area contributed by atoms with Gasteiger partial charge in [0.25, 0.3) is 10.0 Å². The Morgan fingerprint density at radius 1 is 1.19 bits per heavy atom. The number of benzene rings is 1. The van der Waals surface area contributed by atoms with Gasteiger partial charge in [-0.15, -0.1) is 0 Å². The Bertz CT molecular complexity index is 741. The van der Waals surface area contributed by atoms with Gasteiger partial charge in [0, 0.05) is 6.20 Å². The van der Waals surface area contributed by atoms with Crippen LogP contribution in [0.5, 0.6) is 0 Å². The minimum atomic E-state index is -3.67. The van der Waals surface area contributed by atoms with Crippen molar-refractivity contribution in [3.63, 3.8) is 0 Å². The molecule has 0 aliphatic rings. The van der Waals surface area contributed by atoms with E-state index in [1.807, 2.05) is 26.0 Å². The van der Waals surface area contributed by atoms with Gasteiger partial charge in [-0.1, -0.05) is 37.6 Å². The molecule has 2 rings (SSSR count). The Balaban J connectivity index is 2.39. The Labute approximate surface area is 130 Å². The summed E-state index contributed by atoms with van der Waals surface area (Å²) in [5.74, 6) is 0.502. The molecule has 0 saturated heterocycles. The molecule has 0 amide bonds. The van der Waals surface area contributed by atoms with Crippen LogP contribution in [0.25, 0.3) is 0 Å². The molecule has 0 aliphatic heterocycles. The zero-order valence-electron chi connectivity index (χ0n) is 12.1. The van der Waals surface area contributed by atoms with Crippen LogP contribution in [0.1, 0.15) is 30.9 Å². The number of nitrogens with one attached hydrogen (secondary N) is 1. The standard InChI is InChI=1S/C15H17ClN2O2S/c1-10(2)12-5-4-11(3)14(8-12)21(19,20)18-15-7-6-13(16)9-17-15/h4-10H,1-3H3,(H,17,18). The summed E-state index contributed by atoms with van der Waals surface area (Å²) in [6.45, 7) is 5.82. The number of rotatable bonds is 4. The van der Waals surface area contributed by atoms with E-state index in [4.69, 9.17) is 11.6 Å². The molecule has 112 valence electrons. The van der Waals surface area contributed by atoms with Crippen LogP contribution in [0.2, 0.25) is 5.02 Å². The molecule has 1 aromatic heterocycles. The summed E-state index contributed by atoms with van der Waals surface area (Å²) in [6, 6.07) is 8.59. The lowest BCUT2D eigenvalue weighted by Gasteiger charge is -2.13. The summed E-state index contributed by atoms with van der Waals surface area (Å²) >= 11 is 5.74. The van der Waals surface area contributed by atoms with E-state index in [0.29, 0.717) is 10.6 Å². The SMILES string of the molecule is Cc1ccc(C(C)C)cc1S(=O)(=O)Nc1ccc(Cl)cn1. The largest absolute Gasteiger partial charge is 0.263 e. The molecule has 0 unspecified atom stereocenters. The van der Waals surface area contributed by atoms with Crippen molar-refractivity contribution >= 4 is 27.4 Å². The van der Waals surface area contributed by atoms with Gasteiger partial charge in [0.2, 0.25) is 0 Å². The fourth-order valence-corrected chi connectivity index (χ4v) is 3.30. The first-order valence-electron chi connectivity index (χ1n) is 6.54. The van der Waals surface area contributed by atoms with Gasteiger partial charge in [-0.2, -0.15) is 0 Å². The first-order valence-corrected chi connectivity index (χ1v) is 8.40. The molecule has 0 radical (unpaired) electrons. The highest BCUT2D eigenvalue weighted by Crippen LogP contribution is 2.24. The second-order valence-corrected chi connectivity index (χ2v) is 7.23. The smallest absolute Gasteiger partial charge is 0.263 e. The molecular formula is C15H17ClN2O2S. The second kappa shape index (κ2) is 6.03. The molecule has 6 heteroatoms. The second-order valence-electron chi connectivity index (χ2n) is 5.15. The minimum Gasteiger partial charge on any atom is -0.263 e. The highest BCUT2D eigenvalue weighted by Gasteiger charge is 2.18. The molecule has 0 saturated carbocycles. The molecule has 4 nitrogen and oxygen atoms in total. The average Bonchev–Trinajstić information content (AvgIpc) is 2.41. The first-order chi connectivity index (χ1) is 9.79. The van der Waals surface area contributed by atoms with Gasteiger partial charge in [-0.25, -0.2) is 13.4 Å². The monoisotopic (exact) mass is 324 g/mol. The van der Waals surface area contributed by atoms with Crippen molar-refractivity contribution in [1.82, 2.24) is 4.98 Å². The zero-order chi connectivity index (χ0) is 15.6. The fraction of sp³-hybridized carbons (Fsp3) is 0.267. The minimum absolute atomic E-state index is 0.244. The summed E-state index contributed by atoms with van der Waals surface area (Å²) in [7, 11) is -3.67. The zero-order valence-corrected chi connectivity index (χ0v) is 13.7. The predicted molar refractivity (Wildman–Crippen MR) is 85.3 cm³/mol. The Morgan fingerprint density at radius 2 is 1.90 bits per heavy atom. The van der Waals surface area contributed by atoms with Gasteiger partial charge >= 0.3 is 0 Å². The Hall–Kier alpha value is -1.59. The van der Waals surface area contributed by atoms with E-state index in [1.165, 1.54) is 12.3 Å². The lowest BCUT2D eigenvalue weighted by Crippen LogP contribution is -2.15. The molecule has 0 aliphatic carbocycles. The van der Waals surface area contributed by atoms with Crippen LogP contribution < -0.4 is 4.72 Å². The van der Waals surface area contributed by atoms with Crippen LogP contribution in [-0.2, 0) is 10.0 Å². The van der Waals surface area contributed by atoms with E-state index in [1.54, 1.807) is 19.1 Å². The molecule has 0 spiro atoms. The van der Waals surface area contributed by atoms with E-state index < -0.39 is 10.0 Å². The van der Waals surface area contributed by atoms with Crippen molar-refractivity contribution in [3.8, 4) is 0 Å². The van der Waals surface area contributed by atoms with E-state index in [-0.39, 0.29) is 16.6 Å². The lowest BCUT2D eigenvalue weighted by molar-refractivity contribution is 0.600. The summed E-state index contributed by atoms with van der Waals surface area (Å²) < 4.78 is 27.5. The van der Waals surface area contributed by atoms with Crippen molar-refractivity contribution in [1.29, 1.82) is 0 Å².